The van der Waals surface area contributed by atoms with Crippen molar-refractivity contribution in [1.82, 2.24) is 10.2 Å². The molecule has 20 heavy (non-hydrogen) atoms. The fourth-order valence-corrected chi connectivity index (χ4v) is 2.39. The van der Waals surface area contributed by atoms with Crippen molar-refractivity contribution < 1.29 is 4.79 Å². The van der Waals surface area contributed by atoms with Gasteiger partial charge in [-0.05, 0) is 25.5 Å². The van der Waals surface area contributed by atoms with Gasteiger partial charge in [-0.1, -0.05) is 36.0 Å². The predicted octanol–water partition coefficient (Wildman–Crippen LogP) is 2.95. The number of carbonyl (C=O) groups excluding carboxylic acids is 1. The van der Waals surface area contributed by atoms with Crippen LogP contribution in [0.5, 0.6) is 0 Å². The summed E-state index contributed by atoms with van der Waals surface area (Å²) in [7, 11) is 1.74. The third-order valence-electron chi connectivity index (χ3n) is 2.86. The smallest absolute Gasteiger partial charge is 0.289 e. The van der Waals surface area contributed by atoms with Crippen LogP contribution in [0.15, 0.2) is 24.3 Å². The first-order valence-electron chi connectivity index (χ1n) is 6.54. The lowest BCUT2D eigenvalue weighted by molar-refractivity contribution is 0.0992. The molecule has 0 radical (unpaired) electrons. The number of hydrogen-bond acceptors (Lipinski definition) is 5. The van der Waals surface area contributed by atoms with Gasteiger partial charge in [0.1, 0.15) is 0 Å². The van der Waals surface area contributed by atoms with Crippen LogP contribution in [0.2, 0.25) is 0 Å². The number of amides is 1. The maximum absolute atomic E-state index is 12.3. The van der Waals surface area contributed by atoms with Crippen LogP contribution >= 0.6 is 11.3 Å². The minimum Gasteiger partial charge on any atom is -0.360 e. The predicted molar refractivity (Wildman–Crippen MR) is 82.6 cm³/mol. The molecule has 5 nitrogen and oxygen atoms in total. The molecule has 1 heterocycles. The van der Waals surface area contributed by atoms with E-state index in [1.54, 1.807) is 11.9 Å². The third-order valence-corrected chi connectivity index (χ3v) is 3.73. The van der Waals surface area contributed by atoms with Crippen molar-refractivity contribution in [2.24, 2.45) is 0 Å². The van der Waals surface area contributed by atoms with Crippen LogP contribution < -0.4 is 10.2 Å². The first-order chi connectivity index (χ1) is 9.61. The van der Waals surface area contributed by atoms with E-state index in [1.165, 1.54) is 11.3 Å². The Hall–Kier alpha value is -1.95. The zero-order valence-electron chi connectivity index (χ0n) is 11.9. The number of benzene rings is 1. The van der Waals surface area contributed by atoms with Crippen LogP contribution in [0.1, 0.15) is 28.7 Å². The average molecular weight is 290 g/mol. The van der Waals surface area contributed by atoms with Gasteiger partial charge in [-0.3, -0.25) is 4.79 Å². The Labute approximate surface area is 122 Å². The quantitative estimate of drug-likeness (QED) is 0.920. The Balaban J connectivity index is 2.10. The molecule has 0 aliphatic rings. The van der Waals surface area contributed by atoms with E-state index in [0.717, 1.165) is 24.2 Å². The summed E-state index contributed by atoms with van der Waals surface area (Å²) in [5.74, 6) is -0.143. The summed E-state index contributed by atoms with van der Waals surface area (Å²) < 4.78 is 0. The van der Waals surface area contributed by atoms with E-state index in [2.05, 4.69) is 22.4 Å². The second-order valence-corrected chi connectivity index (χ2v) is 5.52. The van der Waals surface area contributed by atoms with Gasteiger partial charge in [0.25, 0.3) is 5.91 Å². The van der Waals surface area contributed by atoms with E-state index in [4.69, 9.17) is 0 Å². The molecule has 0 bridgehead atoms. The Morgan fingerprint density at radius 2 is 2.00 bits per heavy atom. The lowest BCUT2D eigenvalue weighted by Crippen LogP contribution is -2.26. The third kappa shape index (κ3) is 3.33. The van der Waals surface area contributed by atoms with Crippen molar-refractivity contribution in [2.75, 3.05) is 23.8 Å². The Bertz CT molecular complexity index is 579. The van der Waals surface area contributed by atoms with E-state index < -0.39 is 0 Å². The largest absolute Gasteiger partial charge is 0.360 e. The summed E-state index contributed by atoms with van der Waals surface area (Å²) in [6.45, 7) is 4.92. The van der Waals surface area contributed by atoms with Crippen molar-refractivity contribution >= 4 is 28.1 Å². The maximum Gasteiger partial charge on any atom is 0.289 e. The molecular formula is C14H18N4OS. The number of aryl methyl sites for hydroxylation is 1. The molecular weight excluding hydrogens is 272 g/mol. The molecule has 2 aromatic rings. The second-order valence-electron chi connectivity index (χ2n) is 4.54. The highest BCUT2D eigenvalue weighted by molar-refractivity contribution is 7.17. The number of hydrogen-bond donors (Lipinski definition) is 1. The molecule has 1 aromatic carbocycles. The first-order valence-corrected chi connectivity index (χ1v) is 7.35. The summed E-state index contributed by atoms with van der Waals surface area (Å²) in [6.07, 6.45) is 1.01. The van der Waals surface area contributed by atoms with E-state index in [0.29, 0.717) is 10.1 Å². The number of nitrogens with zero attached hydrogens (tertiary/aromatic N) is 3. The summed E-state index contributed by atoms with van der Waals surface area (Å²) >= 11 is 1.28. The van der Waals surface area contributed by atoms with Crippen molar-refractivity contribution in [3.63, 3.8) is 0 Å². The molecule has 106 valence electrons. The summed E-state index contributed by atoms with van der Waals surface area (Å²) in [4.78, 5) is 13.9. The Morgan fingerprint density at radius 3 is 2.65 bits per heavy atom. The molecule has 0 aliphatic heterocycles. The topological polar surface area (TPSA) is 58.1 Å². The average Bonchev–Trinajstić information content (AvgIpc) is 2.93. The van der Waals surface area contributed by atoms with Gasteiger partial charge in [0.05, 0.1) is 0 Å². The van der Waals surface area contributed by atoms with Gasteiger partial charge in [0.2, 0.25) is 10.1 Å². The molecule has 0 atom stereocenters. The number of aromatic nitrogens is 2. The molecule has 2 rings (SSSR count). The standard InChI is InChI=1S/C14H18N4OS/c1-4-9-15-14-17-16-12(20-14)13(19)18(3)11-7-5-10(2)6-8-11/h5-8H,4,9H2,1-3H3,(H,15,17). The summed E-state index contributed by atoms with van der Waals surface area (Å²) in [5, 5.41) is 12.1. The summed E-state index contributed by atoms with van der Waals surface area (Å²) in [6, 6.07) is 7.80. The second kappa shape index (κ2) is 6.47. The van der Waals surface area contributed by atoms with E-state index in [1.807, 2.05) is 31.2 Å². The Kier molecular flexibility index (Phi) is 4.68. The van der Waals surface area contributed by atoms with E-state index in [-0.39, 0.29) is 5.91 Å². The highest BCUT2D eigenvalue weighted by atomic mass is 32.1. The van der Waals surface area contributed by atoms with Crippen molar-refractivity contribution in [3.05, 3.63) is 34.8 Å². The molecule has 0 saturated heterocycles. The normalized spacial score (nSPS) is 10.3. The van der Waals surface area contributed by atoms with Gasteiger partial charge in [-0.25, -0.2) is 0 Å². The lowest BCUT2D eigenvalue weighted by Gasteiger charge is -2.15. The van der Waals surface area contributed by atoms with E-state index in [9.17, 15) is 4.79 Å². The zero-order chi connectivity index (χ0) is 14.5. The molecule has 0 saturated carbocycles. The number of anilines is 2. The zero-order valence-corrected chi connectivity index (χ0v) is 12.7. The molecule has 1 N–H and O–H groups in total. The van der Waals surface area contributed by atoms with Crippen LogP contribution in [-0.4, -0.2) is 29.7 Å². The highest BCUT2D eigenvalue weighted by Gasteiger charge is 2.18. The fourth-order valence-electron chi connectivity index (χ4n) is 1.64. The first kappa shape index (κ1) is 14.5. The van der Waals surface area contributed by atoms with Crippen LogP contribution in [0, 0.1) is 6.92 Å². The highest BCUT2D eigenvalue weighted by Crippen LogP contribution is 2.20. The molecule has 1 amide bonds. The van der Waals surface area contributed by atoms with Crippen LogP contribution in [0.25, 0.3) is 0 Å². The minimum absolute atomic E-state index is 0.143. The van der Waals surface area contributed by atoms with Gasteiger partial charge in [0, 0.05) is 19.3 Å². The monoisotopic (exact) mass is 290 g/mol. The molecule has 6 heteroatoms. The summed E-state index contributed by atoms with van der Waals surface area (Å²) in [5.41, 5.74) is 2.01. The van der Waals surface area contributed by atoms with Crippen LogP contribution in [0.4, 0.5) is 10.8 Å². The van der Waals surface area contributed by atoms with Gasteiger partial charge < -0.3 is 10.2 Å². The molecule has 0 spiro atoms. The molecule has 0 aliphatic carbocycles. The number of carbonyl (C=O) groups is 1. The van der Waals surface area contributed by atoms with Crippen molar-refractivity contribution in [1.29, 1.82) is 0 Å². The number of nitrogens with one attached hydrogen (secondary N) is 1. The number of rotatable bonds is 5. The molecule has 0 fully saturated rings. The van der Waals surface area contributed by atoms with Crippen LogP contribution in [0.3, 0.4) is 0 Å². The molecule has 1 aromatic heterocycles. The van der Waals surface area contributed by atoms with E-state index >= 15 is 0 Å². The van der Waals surface area contributed by atoms with Gasteiger partial charge >= 0.3 is 0 Å². The maximum atomic E-state index is 12.3. The van der Waals surface area contributed by atoms with Gasteiger partial charge in [-0.15, -0.1) is 10.2 Å². The van der Waals surface area contributed by atoms with Crippen molar-refractivity contribution in [3.8, 4) is 0 Å². The van der Waals surface area contributed by atoms with Gasteiger partial charge in [-0.2, -0.15) is 0 Å². The molecule has 0 unspecified atom stereocenters. The SMILES string of the molecule is CCCNc1nnc(C(=O)N(C)c2ccc(C)cc2)s1. The Morgan fingerprint density at radius 1 is 1.30 bits per heavy atom. The fraction of sp³-hybridized carbons (Fsp3) is 0.357. The lowest BCUT2D eigenvalue weighted by atomic mass is 10.2. The van der Waals surface area contributed by atoms with Crippen LogP contribution in [-0.2, 0) is 0 Å². The van der Waals surface area contributed by atoms with Crippen molar-refractivity contribution in [2.45, 2.75) is 20.3 Å². The minimum atomic E-state index is -0.143. The van der Waals surface area contributed by atoms with Gasteiger partial charge in [0.15, 0.2) is 0 Å².